The molecule has 0 aliphatic carbocycles. The standard InChI is InChI=1S/2C38H42N4O4S4.ClH/c2*1-23(11-29-7-9-31(15-46-38-22-50-28(6)42-38)36(13-29)44-17-33-20-48-26(4)40-33)24(2)12-30-8-10-35(43-16-32-19-47-25(3)39-32)37(14-30)45-18-34-21-49-27(5)41-34;/h2*7-10,13-14,19-24H,11-12,15-18H2,1-6H3;1H/t2*23-,24+;/m11./s1. The lowest BCUT2D eigenvalue weighted by Crippen LogP contribution is -2.14. The topological polar surface area (TPSA) is 177 Å². The first-order chi connectivity index (χ1) is 48.3. The zero-order chi connectivity index (χ0) is 70.1. The Kier molecular flexibility index (Phi) is 28.1. The number of thiazole rings is 8. The van der Waals surface area contributed by atoms with E-state index in [0.717, 1.165) is 134 Å². The summed E-state index contributed by atoms with van der Waals surface area (Å²) in [4.78, 5) is 36.3. The van der Waals surface area contributed by atoms with Gasteiger partial charge in [-0.2, -0.15) is 0 Å². The average molecular weight is 1530 g/mol. The Morgan fingerprint density at radius 1 is 0.257 bits per heavy atom. The molecule has 0 saturated carbocycles. The maximum atomic E-state index is 6.35. The van der Waals surface area contributed by atoms with Crippen LogP contribution in [0.25, 0.3) is 0 Å². The van der Waals surface area contributed by atoms with Crippen molar-refractivity contribution in [3.63, 3.8) is 0 Å². The molecule has 0 amide bonds. The van der Waals surface area contributed by atoms with Crippen molar-refractivity contribution < 1.29 is 37.9 Å². The van der Waals surface area contributed by atoms with Gasteiger partial charge < -0.3 is 37.9 Å². The summed E-state index contributed by atoms with van der Waals surface area (Å²) in [6.45, 7) is 28.4. The summed E-state index contributed by atoms with van der Waals surface area (Å²) in [6.07, 6.45) is 3.65. The van der Waals surface area contributed by atoms with E-state index in [4.69, 9.17) is 37.9 Å². The van der Waals surface area contributed by atoms with Crippen LogP contribution in [0.4, 0.5) is 0 Å². The van der Waals surface area contributed by atoms with Gasteiger partial charge in [0.15, 0.2) is 23.0 Å². The second kappa shape index (κ2) is 37.2. The van der Waals surface area contributed by atoms with E-state index in [-0.39, 0.29) is 12.4 Å². The van der Waals surface area contributed by atoms with Crippen molar-refractivity contribution in [2.24, 2.45) is 23.7 Å². The first kappa shape index (κ1) is 76.3. The first-order valence-corrected chi connectivity index (χ1v) is 40.2. The van der Waals surface area contributed by atoms with Gasteiger partial charge in [-0.3, -0.25) is 0 Å². The van der Waals surface area contributed by atoms with Crippen molar-refractivity contribution >= 4 is 103 Å². The molecule has 4 aromatic carbocycles. The number of halogens is 1. The summed E-state index contributed by atoms with van der Waals surface area (Å²) in [5.41, 5.74) is 12.4. The lowest BCUT2D eigenvalue weighted by molar-refractivity contribution is 0.252. The van der Waals surface area contributed by atoms with E-state index in [0.29, 0.717) is 99.8 Å². The van der Waals surface area contributed by atoms with Gasteiger partial charge in [0, 0.05) is 43.4 Å². The fourth-order valence-corrected chi connectivity index (χ4v) is 15.6. The summed E-state index contributed by atoms with van der Waals surface area (Å²) >= 11 is 12.9. The van der Waals surface area contributed by atoms with Crippen LogP contribution in [0.2, 0.25) is 0 Å². The third kappa shape index (κ3) is 23.3. The predicted octanol–water partition coefficient (Wildman–Crippen LogP) is 20.7. The van der Waals surface area contributed by atoms with E-state index in [9.17, 15) is 0 Å². The number of ether oxygens (including phenoxy) is 8. The summed E-state index contributed by atoms with van der Waals surface area (Å²) in [5, 5.41) is 24.3. The fraction of sp³-hybridized carbons (Fsp3) is 0.368. The smallest absolute Gasteiger partial charge is 0.224 e. The fourth-order valence-electron chi connectivity index (χ4n) is 11.0. The van der Waals surface area contributed by atoms with Crippen molar-refractivity contribution in [2.45, 2.75) is 162 Å². The Bertz CT molecular complexity index is 4000. The second-order valence-corrected chi connectivity index (χ2v) is 33.5. The first-order valence-electron chi connectivity index (χ1n) is 33.2. The summed E-state index contributed by atoms with van der Waals surface area (Å²) < 4.78 is 49.8. The Labute approximate surface area is 630 Å². The third-order valence-electron chi connectivity index (χ3n) is 16.7. The molecule has 12 aromatic rings. The van der Waals surface area contributed by atoms with Crippen LogP contribution in [-0.4, -0.2) is 39.9 Å². The molecule has 4 atom stereocenters. The molecule has 0 spiro atoms. The van der Waals surface area contributed by atoms with Crippen LogP contribution < -0.4 is 37.9 Å². The van der Waals surface area contributed by atoms with Crippen LogP contribution in [0.1, 0.15) is 135 Å². The number of nitrogens with zero attached hydrogens (tertiary/aromatic N) is 8. The molecule has 8 aromatic heterocycles. The van der Waals surface area contributed by atoms with E-state index in [1.54, 1.807) is 90.7 Å². The number of aromatic nitrogens is 8. The highest BCUT2D eigenvalue weighted by atomic mass is 35.5. The summed E-state index contributed by atoms with van der Waals surface area (Å²) in [5.74, 6) is 7.43. The quantitative estimate of drug-likeness (QED) is 0.0372. The highest BCUT2D eigenvalue weighted by molar-refractivity contribution is 7.11. The van der Waals surface area contributed by atoms with Gasteiger partial charge in [0.1, 0.15) is 64.4 Å². The van der Waals surface area contributed by atoms with E-state index < -0.39 is 0 Å². The molecule has 0 radical (unpaired) electrons. The minimum atomic E-state index is 0. The molecule has 0 fully saturated rings. The monoisotopic (exact) mass is 1530 g/mol. The minimum Gasteiger partial charge on any atom is -0.487 e. The highest BCUT2D eigenvalue weighted by Gasteiger charge is 2.21. The minimum absolute atomic E-state index is 0. The van der Waals surface area contributed by atoms with Gasteiger partial charge in [-0.15, -0.1) is 103 Å². The average Bonchev–Trinajstić information content (AvgIpc) is 1.86. The zero-order valence-electron chi connectivity index (χ0n) is 58.9. The van der Waals surface area contributed by atoms with Crippen molar-refractivity contribution in [2.75, 3.05) is 0 Å². The third-order valence-corrected chi connectivity index (χ3v) is 23.1. The number of benzene rings is 4. The lowest BCUT2D eigenvalue weighted by Gasteiger charge is -2.22. The molecule has 0 saturated heterocycles. The van der Waals surface area contributed by atoms with Crippen LogP contribution in [0, 0.1) is 79.1 Å². The Morgan fingerprint density at radius 3 is 0.733 bits per heavy atom. The van der Waals surface area contributed by atoms with Crippen LogP contribution in [0.15, 0.2) is 116 Å². The molecule has 12 rings (SSSR count). The van der Waals surface area contributed by atoms with Gasteiger partial charge in [0.05, 0.1) is 85.0 Å². The molecule has 16 nitrogen and oxygen atoms in total. The predicted molar refractivity (Wildman–Crippen MR) is 414 cm³/mol. The van der Waals surface area contributed by atoms with Crippen LogP contribution in [-0.2, 0) is 78.5 Å². The Hall–Kier alpha value is -7.39. The Balaban J connectivity index is 0.000000216. The molecule has 0 aliphatic rings. The van der Waals surface area contributed by atoms with Gasteiger partial charge in [0.25, 0.3) is 0 Å². The molecule has 25 heteroatoms. The Morgan fingerprint density at radius 2 is 0.485 bits per heavy atom. The molecule has 101 heavy (non-hydrogen) atoms. The number of rotatable bonds is 34. The maximum absolute atomic E-state index is 6.35. The van der Waals surface area contributed by atoms with Crippen molar-refractivity contribution in [3.8, 4) is 46.3 Å². The van der Waals surface area contributed by atoms with Gasteiger partial charge in [-0.25, -0.2) is 39.9 Å². The SMILES string of the molecule is Cc1nc(COc2cc(C[C@@H](C)[C@@H](C)Cc3ccc(OCc4csc(C)n4)c(OCc4csc(C)n4)c3)ccc2COc2csc(C)n2)cs1.Cc1nc(COc2cc(C[C@@H](C)[C@@H](C)Cc3ccc(OCc4csc(C)n4)c(OCc4csc(C)n4)c3)ccc2COc2csc(C)n2)cs1.Cl. The molecule has 8 heterocycles. The van der Waals surface area contributed by atoms with Crippen molar-refractivity contribution in [1.29, 1.82) is 0 Å². The molecule has 532 valence electrons. The van der Waals surface area contributed by atoms with Crippen molar-refractivity contribution in [1.82, 2.24) is 39.9 Å². The van der Waals surface area contributed by atoms with Crippen LogP contribution in [0.5, 0.6) is 46.3 Å². The lowest BCUT2D eigenvalue weighted by atomic mass is 9.85. The second-order valence-electron chi connectivity index (χ2n) is 25.0. The molecular weight excluding hydrogens is 1440 g/mol. The largest absolute Gasteiger partial charge is 0.487 e. The normalized spacial score (nSPS) is 12.4. The number of aryl methyl sites for hydroxylation is 8. The van der Waals surface area contributed by atoms with E-state index in [1.807, 2.05) is 111 Å². The van der Waals surface area contributed by atoms with Gasteiger partial charge in [-0.05, 0) is 163 Å². The van der Waals surface area contributed by atoms with Gasteiger partial charge in [-0.1, -0.05) is 64.1 Å². The van der Waals surface area contributed by atoms with E-state index in [1.165, 1.54) is 22.3 Å². The molecule has 0 N–H and O–H groups in total. The van der Waals surface area contributed by atoms with Gasteiger partial charge >= 0.3 is 0 Å². The highest BCUT2D eigenvalue weighted by Crippen LogP contribution is 2.36. The summed E-state index contributed by atoms with van der Waals surface area (Å²) in [6, 6.07) is 25.5. The van der Waals surface area contributed by atoms with Gasteiger partial charge in [0.2, 0.25) is 11.8 Å². The molecular formula is C76H85ClN8O8S8. The number of hydrogen-bond acceptors (Lipinski definition) is 24. The van der Waals surface area contributed by atoms with Crippen LogP contribution >= 0.6 is 103 Å². The van der Waals surface area contributed by atoms with Crippen LogP contribution in [0.3, 0.4) is 0 Å². The molecule has 0 bridgehead atoms. The van der Waals surface area contributed by atoms with Crippen molar-refractivity contribution in [3.05, 3.63) is 223 Å². The summed E-state index contributed by atoms with van der Waals surface area (Å²) in [7, 11) is 0. The molecule has 0 unspecified atom stereocenters. The maximum Gasteiger partial charge on any atom is 0.224 e. The number of hydrogen-bond donors (Lipinski definition) is 0. The molecule has 0 aliphatic heterocycles. The van der Waals surface area contributed by atoms with E-state index >= 15 is 0 Å². The van der Waals surface area contributed by atoms with E-state index in [2.05, 4.69) is 128 Å². The zero-order valence-corrected chi connectivity index (χ0v) is 66.2.